The Morgan fingerprint density at radius 3 is 1.32 bits per heavy atom. The van der Waals surface area contributed by atoms with Gasteiger partial charge in [-0.1, -0.05) is 0 Å². The summed E-state index contributed by atoms with van der Waals surface area (Å²) in [7, 11) is -3.86. The first-order valence-corrected chi connectivity index (χ1v) is 18.1. The van der Waals surface area contributed by atoms with Crippen LogP contribution in [0, 0.1) is 57.7 Å². The Hall–Kier alpha value is -1.42. The van der Waals surface area contributed by atoms with Crippen LogP contribution in [0.25, 0.3) is 0 Å². The van der Waals surface area contributed by atoms with Crippen molar-refractivity contribution in [1.29, 1.82) is 5.26 Å². The third-order valence-electron chi connectivity index (χ3n) is 12.0. The van der Waals surface area contributed by atoms with Crippen LogP contribution in [0.1, 0.15) is 104 Å². The molecule has 8 rings (SSSR count). The van der Waals surface area contributed by atoms with Gasteiger partial charge in [0.25, 0.3) is 0 Å². The van der Waals surface area contributed by atoms with Gasteiger partial charge in [0.05, 0.1) is 19.3 Å². The number of amides is 2. The summed E-state index contributed by atoms with van der Waals surface area (Å²) in [6, 6.07) is 2.33. The highest BCUT2D eigenvalue weighted by Gasteiger charge is 2.57. The number of carbonyl (C=O) groups excluding carboxylic acids is 2. The molecule has 2 amide bonds. The monoisotopic (exact) mass is 587 g/mol. The first-order chi connectivity index (χ1) is 19.7. The predicted molar refractivity (Wildman–Crippen MR) is 156 cm³/mol. The topological polar surface area (TPSA) is 118 Å². The molecule has 8 saturated carbocycles. The van der Waals surface area contributed by atoms with Crippen molar-refractivity contribution in [2.75, 3.05) is 26.3 Å². The van der Waals surface area contributed by atoms with Gasteiger partial charge in [0.15, 0.2) is 5.16 Å². The Morgan fingerprint density at radius 1 is 0.732 bits per heavy atom. The van der Waals surface area contributed by atoms with E-state index in [1.807, 2.05) is 0 Å². The minimum absolute atomic E-state index is 0.0983. The third-order valence-corrected chi connectivity index (χ3v) is 14.8. The molecule has 8 aliphatic rings. The Balaban J connectivity index is 1.12. The summed E-state index contributed by atoms with van der Waals surface area (Å²) in [5.74, 6) is 4.19. The number of hydrogen-bond acceptors (Lipinski definition) is 6. The minimum atomic E-state index is -3.86. The van der Waals surface area contributed by atoms with Gasteiger partial charge in [0.1, 0.15) is 0 Å². The summed E-state index contributed by atoms with van der Waals surface area (Å²) < 4.78 is 25.6. The van der Waals surface area contributed by atoms with Crippen LogP contribution < -0.4 is 10.6 Å². The van der Waals surface area contributed by atoms with Crippen molar-refractivity contribution in [2.45, 2.75) is 109 Å². The van der Waals surface area contributed by atoms with Gasteiger partial charge >= 0.3 is 7.60 Å². The predicted octanol–water partition coefficient (Wildman–Crippen LogP) is 5.96. The van der Waals surface area contributed by atoms with Crippen LogP contribution >= 0.6 is 7.60 Å². The van der Waals surface area contributed by atoms with Crippen LogP contribution in [-0.4, -0.2) is 43.3 Å². The van der Waals surface area contributed by atoms with Crippen LogP contribution in [-0.2, 0) is 23.2 Å². The zero-order valence-corrected chi connectivity index (χ0v) is 26.0. The molecule has 2 N–H and O–H groups in total. The van der Waals surface area contributed by atoms with Crippen LogP contribution in [0.4, 0.5) is 0 Å². The average Bonchev–Trinajstić information content (AvgIpc) is 2.90. The van der Waals surface area contributed by atoms with E-state index in [9.17, 15) is 19.4 Å². The molecule has 228 valence electrons. The Kier molecular flexibility index (Phi) is 8.14. The van der Waals surface area contributed by atoms with E-state index in [1.54, 1.807) is 13.8 Å². The molecule has 0 heterocycles. The number of nitrogens with zero attached hydrogens (tertiary/aromatic N) is 1. The summed E-state index contributed by atoms with van der Waals surface area (Å²) in [5.41, 5.74) is -0.557. The molecule has 0 aromatic carbocycles. The van der Waals surface area contributed by atoms with E-state index in [0.29, 0.717) is 35.5 Å². The van der Waals surface area contributed by atoms with Gasteiger partial charge < -0.3 is 19.7 Å². The summed E-state index contributed by atoms with van der Waals surface area (Å²) >= 11 is 0. The lowest BCUT2D eigenvalue weighted by atomic mass is 9.49. The van der Waals surface area contributed by atoms with Crippen LogP contribution in [0.2, 0.25) is 0 Å². The van der Waals surface area contributed by atoms with Crippen molar-refractivity contribution in [3.63, 3.8) is 0 Å². The molecule has 8 nitrogen and oxygen atoms in total. The fourth-order valence-corrected chi connectivity index (χ4v) is 13.3. The van der Waals surface area contributed by atoms with Crippen molar-refractivity contribution >= 4 is 19.4 Å². The van der Waals surface area contributed by atoms with Gasteiger partial charge in [-0.3, -0.25) is 14.2 Å². The molecule has 8 bridgehead atoms. The van der Waals surface area contributed by atoms with Gasteiger partial charge in [-0.05, 0) is 139 Å². The standard InChI is InChI=1S/C32H50N3O5P/c1-3-39-41(38,40-4-2)32(21-33,5-7-34-28(36)30-15-22-9-23(16-30)11-24(10-22)17-30)6-8-35-29(37)31-18-25-12-26(19-31)14-27(13-25)20-31/h22-27H,3-20H2,1-2H3,(H,34,36)(H,35,37). The molecule has 8 aliphatic carbocycles. The fourth-order valence-electron chi connectivity index (χ4n) is 11.1. The van der Waals surface area contributed by atoms with Crippen LogP contribution in [0.5, 0.6) is 0 Å². The first kappa shape index (κ1) is 29.6. The first-order valence-electron chi connectivity index (χ1n) is 16.5. The van der Waals surface area contributed by atoms with Crippen LogP contribution in [0.3, 0.4) is 0 Å². The van der Waals surface area contributed by atoms with E-state index >= 15 is 0 Å². The van der Waals surface area contributed by atoms with E-state index in [1.165, 1.54) is 38.5 Å². The second kappa shape index (κ2) is 11.3. The van der Waals surface area contributed by atoms with Crippen molar-refractivity contribution < 1.29 is 23.2 Å². The third kappa shape index (κ3) is 5.31. The molecule has 9 heteroatoms. The number of hydrogen-bond donors (Lipinski definition) is 2. The normalized spacial score (nSPS) is 39.7. The van der Waals surface area contributed by atoms with E-state index in [-0.39, 0.29) is 61.8 Å². The maximum absolute atomic E-state index is 14.2. The lowest BCUT2D eigenvalue weighted by Gasteiger charge is -2.55. The molecule has 0 atom stereocenters. The lowest BCUT2D eigenvalue weighted by molar-refractivity contribution is -0.146. The van der Waals surface area contributed by atoms with E-state index in [0.717, 1.165) is 38.5 Å². The molecule has 0 aliphatic heterocycles. The highest BCUT2D eigenvalue weighted by molar-refractivity contribution is 7.56. The van der Waals surface area contributed by atoms with Gasteiger partial charge in [0, 0.05) is 23.9 Å². The van der Waals surface area contributed by atoms with Gasteiger partial charge in [-0.15, -0.1) is 0 Å². The molecule has 0 aromatic rings. The van der Waals surface area contributed by atoms with Crippen LogP contribution in [0.15, 0.2) is 0 Å². The highest BCUT2D eigenvalue weighted by Crippen LogP contribution is 2.64. The summed E-state index contributed by atoms with van der Waals surface area (Å²) in [6.45, 7) is 4.28. The maximum atomic E-state index is 14.2. The molecule has 0 spiro atoms. The van der Waals surface area contributed by atoms with E-state index in [2.05, 4.69) is 16.7 Å². The minimum Gasteiger partial charge on any atom is -0.356 e. The maximum Gasteiger partial charge on any atom is 0.350 e. The van der Waals surface area contributed by atoms with Crippen molar-refractivity contribution in [2.24, 2.45) is 46.3 Å². The summed E-state index contributed by atoms with van der Waals surface area (Å²) in [6.07, 6.45) is 13.8. The quantitative estimate of drug-likeness (QED) is 0.257. The Labute approximate surface area is 246 Å². The van der Waals surface area contributed by atoms with Crippen molar-refractivity contribution in [3.8, 4) is 6.07 Å². The molecule has 41 heavy (non-hydrogen) atoms. The lowest BCUT2D eigenvalue weighted by Crippen LogP contribution is -2.54. The molecule has 0 radical (unpaired) electrons. The average molecular weight is 588 g/mol. The Bertz CT molecular complexity index is 973. The highest BCUT2D eigenvalue weighted by atomic mass is 31.2. The SMILES string of the molecule is CCOP(=O)(OCC)C(C#N)(CCNC(=O)C12CC3CC(CC(C3)C1)C2)CCNC(=O)C12CC3CC(CC(C3)C1)C2. The van der Waals surface area contributed by atoms with Crippen molar-refractivity contribution in [1.82, 2.24) is 10.6 Å². The molecule has 0 unspecified atom stereocenters. The Morgan fingerprint density at radius 2 is 1.05 bits per heavy atom. The van der Waals surface area contributed by atoms with Crippen molar-refractivity contribution in [3.05, 3.63) is 0 Å². The zero-order valence-electron chi connectivity index (χ0n) is 25.1. The van der Waals surface area contributed by atoms with Gasteiger partial charge in [-0.2, -0.15) is 5.26 Å². The summed E-state index contributed by atoms with van der Waals surface area (Å²) in [5, 5.41) is 15.4. The zero-order chi connectivity index (χ0) is 28.9. The van der Waals surface area contributed by atoms with E-state index < -0.39 is 12.8 Å². The second-order valence-electron chi connectivity index (χ2n) is 14.9. The molecule has 0 aromatic heterocycles. The fraction of sp³-hybridized carbons (Fsp3) is 0.906. The second-order valence-corrected chi connectivity index (χ2v) is 17.3. The summed E-state index contributed by atoms with van der Waals surface area (Å²) in [4.78, 5) is 27.2. The van der Waals surface area contributed by atoms with Gasteiger partial charge in [-0.25, -0.2) is 0 Å². The number of rotatable bonds is 13. The largest absolute Gasteiger partial charge is 0.356 e. The molecular weight excluding hydrogens is 537 g/mol. The molecular formula is C32H50N3O5P. The number of nitrogens with one attached hydrogen (secondary N) is 2. The van der Waals surface area contributed by atoms with E-state index in [4.69, 9.17) is 9.05 Å². The smallest absolute Gasteiger partial charge is 0.350 e. The molecule has 8 fully saturated rings. The molecule has 0 saturated heterocycles. The number of nitriles is 1. The van der Waals surface area contributed by atoms with Gasteiger partial charge in [0.2, 0.25) is 11.8 Å². The number of carbonyl (C=O) groups is 2.